The number of benzene rings is 2. The smallest absolute Gasteiger partial charge is 0.241 e. The molecule has 4 aromatic rings. The lowest BCUT2D eigenvalue weighted by Crippen LogP contribution is -2.46. The van der Waals surface area contributed by atoms with E-state index in [0.717, 1.165) is 48.9 Å². The van der Waals surface area contributed by atoms with Crippen LogP contribution in [0.15, 0.2) is 53.1 Å². The molecule has 1 N–H and O–H groups in total. The molecule has 0 saturated carbocycles. The van der Waals surface area contributed by atoms with E-state index in [2.05, 4.69) is 30.0 Å². The number of methoxy groups -OCH3 is 1. The number of aromatic nitrogens is 5. The fourth-order valence-corrected chi connectivity index (χ4v) is 4.17. The molecule has 0 bridgehead atoms. The molecule has 2 aromatic heterocycles. The van der Waals surface area contributed by atoms with Gasteiger partial charge in [0.25, 0.3) is 0 Å². The summed E-state index contributed by atoms with van der Waals surface area (Å²) in [6, 6.07) is 15.2. The second-order valence-electron chi connectivity index (χ2n) is 8.07. The highest BCUT2D eigenvalue weighted by molar-refractivity contribution is 7.71. The van der Waals surface area contributed by atoms with Crippen LogP contribution in [0.1, 0.15) is 5.89 Å². The highest BCUT2D eigenvalue weighted by Crippen LogP contribution is 2.21. The quantitative estimate of drug-likeness (QED) is 0.382. The van der Waals surface area contributed by atoms with Gasteiger partial charge in [-0.15, -0.1) is 0 Å². The van der Waals surface area contributed by atoms with Crippen molar-refractivity contribution in [2.24, 2.45) is 0 Å². The number of rotatable bonds is 7. The molecule has 0 atom stereocenters. The molecule has 176 valence electrons. The zero-order valence-corrected chi connectivity index (χ0v) is 20.2. The van der Waals surface area contributed by atoms with Crippen molar-refractivity contribution < 1.29 is 9.26 Å². The van der Waals surface area contributed by atoms with E-state index in [9.17, 15) is 0 Å². The topological polar surface area (TPSA) is 88.2 Å². The van der Waals surface area contributed by atoms with Gasteiger partial charge < -0.3 is 9.26 Å². The Morgan fingerprint density at radius 2 is 1.65 bits per heavy atom. The highest BCUT2D eigenvalue weighted by atomic mass is 35.5. The number of nitrogens with zero attached hydrogens (tertiary/aromatic N) is 6. The number of hydrogen-bond donors (Lipinski definition) is 1. The molecule has 0 amide bonds. The molecule has 3 heterocycles. The minimum Gasteiger partial charge on any atom is -0.497 e. The minimum absolute atomic E-state index is 0.532. The second kappa shape index (κ2) is 10.1. The first kappa shape index (κ1) is 22.7. The molecule has 0 spiro atoms. The summed E-state index contributed by atoms with van der Waals surface area (Å²) >= 11 is 11.4. The van der Waals surface area contributed by atoms with Crippen LogP contribution in [0, 0.1) is 4.77 Å². The number of hydrogen-bond acceptors (Lipinski definition) is 8. The molecule has 9 nitrogen and oxygen atoms in total. The summed E-state index contributed by atoms with van der Waals surface area (Å²) in [5.74, 6) is 2.73. The highest BCUT2D eigenvalue weighted by Gasteiger charge is 2.20. The van der Waals surface area contributed by atoms with Crippen LogP contribution in [0.25, 0.3) is 22.8 Å². The van der Waals surface area contributed by atoms with Crippen LogP contribution in [0.2, 0.25) is 5.02 Å². The van der Waals surface area contributed by atoms with Crippen molar-refractivity contribution in [1.29, 1.82) is 0 Å². The summed E-state index contributed by atoms with van der Waals surface area (Å²) in [7, 11) is 1.64. The Morgan fingerprint density at radius 3 is 2.35 bits per heavy atom. The van der Waals surface area contributed by atoms with E-state index in [1.54, 1.807) is 7.11 Å². The lowest BCUT2D eigenvalue weighted by molar-refractivity contribution is 0.0910. The van der Waals surface area contributed by atoms with Gasteiger partial charge in [-0.2, -0.15) is 9.97 Å². The van der Waals surface area contributed by atoms with Crippen LogP contribution in [-0.2, 0) is 13.2 Å². The van der Waals surface area contributed by atoms with Gasteiger partial charge >= 0.3 is 0 Å². The lowest BCUT2D eigenvalue weighted by atomic mass is 10.2. The number of ether oxygens (including phenoxy) is 1. The van der Waals surface area contributed by atoms with E-state index in [-0.39, 0.29) is 0 Å². The van der Waals surface area contributed by atoms with Gasteiger partial charge in [0.2, 0.25) is 16.5 Å². The van der Waals surface area contributed by atoms with Crippen molar-refractivity contribution in [3.05, 3.63) is 64.2 Å². The van der Waals surface area contributed by atoms with Crippen LogP contribution in [-0.4, -0.2) is 68.0 Å². The van der Waals surface area contributed by atoms with Crippen molar-refractivity contribution in [2.45, 2.75) is 13.2 Å². The van der Waals surface area contributed by atoms with Crippen LogP contribution < -0.4 is 4.74 Å². The lowest BCUT2D eigenvalue weighted by Gasteiger charge is -2.33. The average Bonchev–Trinajstić information content (AvgIpc) is 3.47. The van der Waals surface area contributed by atoms with E-state index < -0.39 is 0 Å². The standard InChI is InChI=1S/C23H24ClN7O2S/c1-32-19-8-4-17(5-9-19)22-25-20(33-28-22)14-29-10-12-30(13-11-29)15-31-23(34)26-21(27-31)16-2-6-18(24)7-3-16/h2-9H,10-15H2,1H3,(H,26,27,34). The summed E-state index contributed by atoms with van der Waals surface area (Å²) in [5, 5.41) is 8.12. The van der Waals surface area contributed by atoms with Crippen LogP contribution in [0.3, 0.4) is 0 Å². The molecule has 0 unspecified atom stereocenters. The van der Waals surface area contributed by atoms with Crippen molar-refractivity contribution in [3.8, 4) is 28.5 Å². The Morgan fingerprint density at radius 1 is 0.971 bits per heavy atom. The normalized spacial score (nSPS) is 15.0. The van der Waals surface area contributed by atoms with Crippen LogP contribution >= 0.6 is 23.8 Å². The zero-order chi connectivity index (χ0) is 23.5. The minimum atomic E-state index is 0.532. The molecule has 1 saturated heterocycles. The molecule has 0 aliphatic carbocycles. The van der Waals surface area contributed by atoms with E-state index in [0.29, 0.717) is 34.7 Å². The van der Waals surface area contributed by atoms with Gasteiger partial charge in [-0.25, -0.2) is 4.68 Å². The monoisotopic (exact) mass is 497 g/mol. The van der Waals surface area contributed by atoms with E-state index >= 15 is 0 Å². The maximum atomic E-state index is 5.98. The second-order valence-corrected chi connectivity index (χ2v) is 8.87. The first-order valence-corrected chi connectivity index (χ1v) is 11.7. The largest absolute Gasteiger partial charge is 0.497 e. The SMILES string of the molecule is COc1ccc(-c2noc(CN3CCN(Cn4[nH]c(-c5ccc(Cl)cc5)nc4=S)CC3)n2)cc1. The van der Waals surface area contributed by atoms with Gasteiger partial charge in [0, 0.05) is 42.3 Å². The molecular weight excluding hydrogens is 474 g/mol. The molecule has 5 rings (SSSR count). The summed E-state index contributed by atoms with van der Waals surface area (Å²) in [5.41, 5.74) is 1.85. The number of piperazine rings is 1. The average molecular weight is 498 g/mol. The molecule has 1 aliphatic rings. The van der Waals surface area contributed by atoms with Gasteiger partial charge in [0.1, 0.15) is 5.75 Å². The summed E-state index contributed by atoms with van der Waals surface area (Å²) in [6.07, 6.45) is 0. The first-order chi connectivity index (χ1) is 16.6. The van der Waals surface area contributed by atoms with E-state index in [1.807, 2.05) is 53.2 Å². The van der Waals surface area contributed by atoms with Gasteiger partial charge in [0.15, 0.2) is 5.82 Å². The Balaban J connectivity index is 1.15. The van der Waals surface area contributed by atoms with Gasteiger partial charge in [-0.05, 0) is 60.7 Å². The van der Waals surface area contributed by atoms with Crippen molar-refractivity contribution in [2.75, 3.05) is 33.3 Å². The van der Waals surface area contributed by atoms with Crippen LogP contribution in [0.5, 0.6) is 5.75 Å². The third-order valence-electron chi connectivity index (χ3n) is 5.78. The van der Waals surface area contributed by atoms with E-state index in [1.165, 1.54) is 0 Å². The predicted octanol–water partition coefficient (Wildman–Crippen LogP) is 4.09. The van der Waals surface area contributed by atoms with Crippen molar-refractivity contribution in [1.82, 2.24) is 34.7 Å². The number of H-pyrrole nitrogens is 1. The van der Waals surface area contributed by atoms with Crippen molar-refractivity contribution in [3.63, 3.8) is 0 Å². The number of nitrogens with one attached hydrogen (secondary N) is 1. The molecule has 2 aromatic carbocycles. The fraction of sp³-hybridized carbons (Fsp3) is 0.304. The Hall–Kier alpha value is -3.05. The zero-order valence-electron chi connectivity index (χ0n) is 18.6. The molecule has 11 heteroatoms. The summed E-state index contributed by atoms with van der Waals surface area (Å²) in [6.45, 7) is 4.88. The Bertz CT molecular complexity index is 1290. The summed E-state index contributed by atoms with van der Waals surface area (Å²) < 4.78 is 13.1. The summed E-state index contributed by atoms with van der Waals surface area (Å²) in [4.78, 5) is 13.7. The Kier molecular flexibility index (Phi) is 6.73. The van der Waals surface area contributed by atoms with E-state index in [4.69, 9.17) is 33.1 Å². The van der Waals surface area contributed by atoms with Crippen molar-refractivity contribution >= 4 is 23.8 Å². The number of aromatic amines is 1. The fourth-order valence-electron chi connectivity index (χ4n) is 3.85. The molecule has 0 radical (unpaired) electrons. The maximum absolute atomic E-state index is 5.98. The molecular formula is C23H24ClN7O2S. The first-order valence-electron chi connectivity index (χ1n) is 10.9. The predicted molar refractivity (Wildman–Crippen MR) is 131 cm³/mol. The molecule has 1 fully saturated rings. The van der Waals surface area contributed by atoms with Gasteiger partial charge in [-0.1, -0.05) is 16.8 Å². The maximum Gasteiger partial charge on any atom is 0.241 e. The van der Waals surface area contributed by atoms with Crippen LogP contribution in [0.4, 0.5) is 0 Å². The molecule has 34 heavy (non-hydrogen) atoms. The number of halogens is 1. The van der Waals surface area contributed by atoms with Gasteiger partial charge in [-0.3, -0.25) is 14.9 Å². The Labute approximate surface area is 206 Å². The third kappa shape index (κ3) is 5.20. The van der Waals surface area contributed by atoms with Gasteiger partial charge in [0.05, 0.1) is 20.3 Å². The molecule has 1 aliphatic heterocycles. The third-order valence-corrected chi connectivity index (χ3v) is 6.34.